The lowest BCUT2D eigenvalue weighted by molar-refractivity contribution is 0.126. The van der Waals surface area contributed by atoms with Crippen LogP contribution < -0.4 is 0 Å². The Balaban J connectivity index is 5.63. The van der Waals surface area contributed by atoms with Crippen molar-refractivity contribution in [2.24, 2.45) is 17.3 Å². The average Bonchev–Trinajstić information content (AvgIpc) is 2.60. The molecule has 3 unspecified atom stereocenters. The van der Waals surface area contributed by atoms with Gasteiger partial charge in [-0.15, -0.1) is 43.0 Å². The van der Waals surface area contributed by atoms with Crippen molar-refractivity contribution in [1.82, 2.24) is 0 Å². The van der Waals surface area contributed by atoms with E-state index in [-0.39, 0.29) is 5.41 Å². The van der Waals surface area contributed by atoms with Crippen molar-refractivity contribution in [1.29, 1.82) is 0 Å². The molecule has 0 heterocycles. The Bertz CT molecular complexity index is 507. The normalized spacial score (nSPS) is 14.8. The molecule has 0 nitrogen and oxygen atoms in total. The molecule has 0 aromatic heterocycles. The van der Waals surface area contributed by atoms with Crippen LogP contribution in [0.3, 0.4) is 0 Å². The standard InChI is InChI=1S/C24H34/c1-7-12-15-17-21-24(20-16-13-8-2,22(6)19-14-9-3)23(11-5)18-10-4/h1,3-4,22-23H,8,11-15,17-19,21H2,2,5-6H3. The van der Waals surface area contributed by atoms with Gasteiger partial charge in [0.2, 0.25) is 0 Å². The summed E-state index contributed by atoms with van der Waals surface area (Å²) in [6.07, 6.45) is 26.3. The van der Waals surface area contributed by atoms with Gasteiger partial charge in [-0.2, -0.15) is 0 Å². The van der Waals surface area contributed by atoms with E-state index in [0.29, 0.717) is 11.8 Å². The van der Waals surface area contributed by atoms with Gasteiger partial charge >= 0.3 is 0 Å². The van der Waals surface area contributed by atoms with Crippen LogP contribution in [0.4, 0.5) is 0 Å². The smallest absolute Gasteiger partial charge is 0.0377 e. The molecule has 0 aliphatic rings. The molecule has 0 fully saturated rings. The van der Waals surface area contributed by atoms with Crippen molar-refractivity contribution < 1.29 is 0 Å². The second-order valence-electron chi connectivity index (χ2n) is 6.66. The molecule has 0 bridgehead atoms. The van der Waals surface area contributed by atoms with Gasteiger partial charge in [0.05, 0.1) is 0 Å². The van der Waals surface area contributed by atoms with Crippen molar-refractivity contribution in [3.63, 3.8) is 0 Å². The Hall–Kier alpha value is -1.76. The minimum Gasteiger partial charge on any atom is -0.120 e. The SMILES string of the molecule is C#CCCCCC(C#CCCC)(C(C)CCC#C)C(CC)CC#C. The van der Waals surface area contributed by atoms with Crippen molar-refractivity contribution in [2.45, 2.75) is 85.0 Å². The Labute approximate surface area is 151 Å². The third-order valence-electron chi connectivity index (χ3n) is 5.04. The number of hydrogen-bond acceptors (Lipinski definition) is 0. The minimum absolute atomic E-state index is 0.0399. The number of unbranched alkanes of at least 4 members (excludes halogenated alkanes) is 3. The van der Waals surface area contributed by atoms with Crippen LogP contribution >= 0.6 is 0 Å². The fourth-order valence-corrected chi connectivity index (χ4v) is 3.53. The first-order chi connectivity index (χ1) is 11.6. The van der Waals surface area contributed by atoms with Crippen LogP contribution in [0, 0.1) is 66.1 Å². The molecule has 0 saturated heterocycles. The van der Waals surface area contributed by atoms with Gasteiger partial charge in [-0.05, 0) is 37.5 Å². The molecule has 130 valence electrons. The minimum atomic E-state index is -0.0399. The highest BCUT2D eigenvalue weighted by molar-refractivity contribution is 5.17. The van der Waals surface area contributed by atoms with Crippen LogP contribution in [0.5, 0.6) is 0 Å². The highest BCUT2D eigenvalue weighted by Crippen LogP contribution is 2.45. The summed E-state index contributed by atoms with van der Waals surface area (Å²) in [5.41, 5.74) is -0.0399. The molecule has 24 heavy (non-hydrogen) atoms. The summed E-state index contributed by atoms with van der Waals surface area (Å²) < 4.78 is 0. The van der Waals surface area contributed by atoms with Gasteiger partial charge in [0.15, 0.2) is 0 Å². The highest BCUT2D eigenvalue weighted by atomic mass is 14.4. The monoisotopic (exact) mass is 322 g/mol. The molecular weight excluding hydrogens is 288 g/mol. The fraction of sp³-hybridized carbons (Fsp3) is 0.667. The van der Waals surface area contributed by atoms with Crippen LogP contribution in [0.25, 0.3) is 0 Å². The van der Waals surface area contributed by atoms with E-state index in [1.54, 1.807) is 0 Å². The summed E-state index contributed by atoms with van der Waals surface area (Å²) in [4.78, 5) is 0. The topological polar surface area (TPSA) is 0 Å². The number of terminal acetylenes is 3. The van der Waals surface area contributed by atoms with Crippen LogP contribution in [-0.2, 0) is 0 Å². The van der Waals surface area contributed by atoms with Crippen molar-refractivity contribution in [3.8, 4) is 48.9 Å². The van der Waals surface area contributed by atoms with Gasteiger partial charge < -0.3 is 0 Å². The maximum Gasteiger partial charge on any atom is 0.0377 e. The van der Waals surface area contributed by atoms with Crippen LogP contribution in [0.1, 0.15) is 85.0 Å². The first-order valence-corrected chi connectivity index (χ1v) is 9.43. The molecular formula is C24H34. The van der Waals surface area contributed by atoms with Gasteiger partial charge in [0, 0.05) is 31.1 Å². The third kappa shape index (κ3) is 7.21. The van der Waals surface area contributed by atoms with Crippen molar-refractivity contribution in [2.75, 3.05) is 0 Å². The summed E-state index contributed by atoms with van der Waals surface area (Å²) in [6.45, 7) is 6.70. The van der Waals surface area contributed by atoms with Gasteiger partial charge in [-0.25, -0.2) is 0 Å². The van der Waals surface area contributed by atoms with E-state index in [0.717, 1.165) is 64.2 Å². The molecule has 0 rings (SSSR count). The van der Waals surface area contributed by atoms with E-state index in [9.17, 15) is 0 Å². The lowest BCUT2D eigenvalue weighted by atomic mass is 9.61. The van der Waals surface area contributed by atoms with Crippen molar-refractivity contribution >= 4 is 0 Å². The second kappa shape index (κ2) is 13.7. The molecule has 0 saturated carbocycles. The van der Waals surface area contributed by atoms with E-state index in [4.69, 9.17) is 19.3 Å². The van der Waals surface area contributed by atoms with E-state index in [1.807, 2.05) is 0 Å². The summed E-state index contributed by atoms with van der Waals surface area (Å²) in [5.74, 6) is 16.4. The van der Waals surface area contributed by atoms with Gasteiger partial charge in [-0.1, -0.05) is 39.5 Å². The predicted octanol–water partition coefficient (Wildman–Crippen LogP) is 6.07. The third-order valence-corrected chi connectivity index (χ3v) is 5.04. The molecule has 0 heteroatoms. The zero-order chi connectivity index (χ0) is 18.3. The quantitative estimate of drug-likeness (QED) is 0.320. The van der Waals surface area contributed by atoms with Crippen LogP contribution in [0.2, 0.25) is 0 Å². The first-order valence-electron chi connectivity index (χ1n) is 9.43. The van der Waals surface area contributed by atoms with E-state index < -0.39 is 0 Å². The molecule has 0 aliphatic heterocycles. The predicted molar refractivity (Wildman–Crippen MR) is 107 cm³/mol. The summed E-state index contributed by atoms with van der Waals surface area (Å²) in [5, 5.41) is 0. The maximum absolute atomic E-state index is 5.68. The first kappa shape index (κ1) is 22.2. The van der Waals surface area contributed by atoms with Gasteiger partial charge in [-0.3, -0.25) is 0 Å². The van der Waals surface area contributed by atoms with E-state index in [2.05, 4.69) is 50.4 Å². The Kier molecular flexibility index (Phi) is 12.7. The Morgan fingerprint density at radius 2 is 1.62 bits per heavy atom. The Morgan fingerprint density at radius 3 is 2.17 bits per heavy atom. The molecule has 3 atom stereocenters. The zero-order valence-electron chi connectivity index (χ0n) is 16.0. The zero-order valence-corrected chi connectivity index (χ0v) is 16.0. The molecule has 0 aromatic rings. The fourth-order valence-electron chi connectivity index (χ4n) is 3.53. The van der Waals surface area contributed by atoms with Gasteiger partial charge in [0.25, 0.3) is 0 Å². The molecule has 0 aliphatic carbocycles. The van der Waals surface area contributed by atoms with Gasteiger partial charge in [0.1, 0.15) is 0 Å². The average molecular weight is 323 g/mol. The van der Waals surface area contributed by atoms with Crippen LogP contribution in [-0.4, -0.2) is 0 Å². The molecule has 0 N–H and O–H groups in total. The van der Waals surface area contributed by atoms with Crippen molar-refractivity contribution in [3.05, 3.63) is 0 Å². The second-order valence-corrected chi connectivity index (χ2v) is 6.66. The Morgan fingerprint density at radius 1 is 0.917 bits per heavy atom. The summed E-state index contributed by atoms with van der Waals surface area (Å²) in [7, 11) is 0. The highest BCUT2D eigenvalue weighted by Gasteiger charge is 2.40. The van der Waals surface area contributed by atoms with Crippen LogP contribution in [0.15, 0.2) is 0 Å². The molecule has 0 amide bonds. The van der Waals surface area contributed by atoms with E-state index >= 15 is 0 Å². The molecule has 0 radical (unpaired) electrons. The van der Waals surface area contributed by atoms with E-state index in [1.165, 1.54) is 0 Å². The largest absolute Gasteiger partial charge is 0.120 e. The maximum atomic E-state index is 5.68. The molecule has 0 spiro atoms. The number of rotatable bonds is 11. The number of hydrogen-bond donors (Lipinski definition) is 0. The summed E-state index contributed by atoms with van der Waals surface area (Å²) in [6, 6.07) is 0. The lowest BCUT2D eigenvalue weighted by Gasteiger charge is -2.41. The lowest BCUT2D eigenvalue weighted by Crippen LogP contribution is -2.36. The molecule has 0 aromatic carbocycles. The summed E-state index contributed by atoms with van der Waals surface area (Å²) >= 11 is 0.